The zero-order valence-electron chi connectivity index (χ0n) is 26.3. The third-order valence-corrected chi connectivity index (χ3v) is 19.8. The molecule has 0 saturated carbocycles. The summed E-state index contributed by atoms with van der Waals surface area (Å²) in [5, 5.41) is 0. The third kappa shape index (κ3) is 17.6. The summed E-state index contributed by atoms with van der Waals surface area (Å²) < 4.78 is 63.1. The van der Waals surface area contributed by atoms with Crippen molar-refractivity contribution >= 4 is 18.1 Å². The third-order valence-electron chi connectivity index (χ3n) is 5.66. The van der Waals surface area contributed by atoms with Gasteiger partial charge in [0.15, 0.2) is 0 Å². The fraction of sp³-hybridized carbons (Fsp3) is 1.00. The first-order chi connectivity index (χ1) is 18.9. The van der Waals surface area contributed by atoms with Crippen LogP contribution >= 0.6 is 0 Å². The van der Waals surface area contributed by atoms with E-state index < -0.39 is 40.1 Å². The second kappa shape index (κ2) is 25.4. The molecule has 0 aliphatic rings. The van der Waals surface area contributed by atoms with E-state index in [1.54, 1.807) is 0 Å². The van der Waals surface area contributed by atoms with Crippen molar-refractivity contribution in [2.24, 2.45) is 0 Å². The van der Waals surface area contributed by atoms with Crippen LogP contribution < -0.4 is 0 Å². The molecule has 0 aromatic carbocycles. The molecule has 0 spiro atoms. The molecule has 0 heterocycles. The summed E-state index contributed by atoms with van der Waals surface area (Å²) in [6.45, 7) is 15.3. The number of hydrogen-bond donors (Lipinski definition) is 0. The minimum absolute atomic E-state index is 0.436. The molecule has 0 aliphatic heterocycles. The normalized spacial score (nSPS) is 12.9. The summed E-state index contributed by atoms with van der Waals surface area (Å²) in [7, 11) is -4.41. The van der Waals surface area contributed by atoms with Crippen LogP contribution in [0.4, 0.5) is 0 Å². The Morgan fingerprint density at radius 3 is 0.744 bits per heavy atom. The molecule has 10 nitrogen and oxygen atoms in total. The predicted molar refractivity (Wildman–Crippen MR) is 153 cm³/mol. The van der Waals surface area contributed by atoms with Crippen LogP contribution in [0.25, 0.3) is 0 Å². The van der Waals surface area contributed by atoms with E-state index in [0.29, 0.717) is 39.6 Å². The molecule has 0 saturated heterocycles. The number of hydrogen-bond acceptors (Lipinski definition) is 10. The molecule has 0 atom stereocenters. The van der Waals surface area contributed by atoms with Crippen molar-refractivity contribution in [1.29, 1.82) is 0 Å². The Bertz CT molecular complexity index is 452. The van der Waals surface area contributed by atoms with Crippen molar-refractivity contribution in [2.45, 2.75) is 119 Å². The van der Waals surface area contributed by atoms with Crippen molar-refractivity contribution in [2.75, 3.05) is 53.9 Å². The van der Waals surface area contributed by atoms with Gasteiger partial charge in [0.2, 0.25) is 0 Å². The summed E-state index contributed by atoms with van der Waals surface area (Å²) in [5.74, 6) is 0. The molecule has 0 bridgehead atoms. The molecule has 236 valence electrons. The molecule has 0 N–H and O–H groups in total. The van der Waals surface area contributed by atoms with E-state index in [1.165, 1.54) is 14.2 Å². The van der Waals surface area contributed by atoms with Crippen LogP contribution in [-0.4, -0.2) is 72.0 Å². The summed E-state index contributed by atoms with van der Waals surface area (Å²) in [5.41, 5.74) is 0. The zero-order chi connectivity index (χ0) is 29.3. The van der Waals surface area contributed by atoms with Gasteiger partial charge in [0.05, 0.1) is 0 Å². The Kier molecular flexibility index (Phi) is 26.0. The van der Waals surface area contributed by atoms with E-state index in [2.05, 4.69) is 41.5 Å². The Labute approximate surface area is 248 Å². The van der Waals surface area contributed by atoms with Crippen LogP contribution in [0.5, 0.6) is 0 Å². The molecule has 0 unspecified atom stereocenters. The van der Waals surface area contributed by atoms with Crippen LogP contribution in [0.1, 0.15) is 119 Å². The molecular weight excluding hydrogens is 620 g/mol. The first kappa shape index (κ1) is 39.9. The monoisotopic (exact) mass is 678 g/mol. The van der Waals surface area contributed by atoms with Gasteiger partial charge in [0.25, 0.3) is 0 Å². The zero-order valence-corrected chi connectivity index (χ0v) is 30.8. The summed E-state index contributed by atoms with van der Waals surface area (Å²) in [6, 6.07) is 0. The summed E-state index contributed by atoms with van der Waals surface area (Å²) >= 11 is -4.98. The molecule has 0 aromatic heterocycles. The number of rotatable bonds is 30. The van der Waals surface area contributed by atoms with Crippen LogP contribution in [-0.2, 0) is 59.2 Å². The van der Waals surface area contributed by atoms with Gasteiger partial charge in [0, 0.05) is 0 Å². The predicted octanol–water partition coefficient (Wildman–Crippen LogP) is 6.90. The topological polar surface area (TPSA) is 92.3 Å². The van der Waals surface area contributed by atoms with E-state index in [9.17, 15) is 0 Å². The molecule has 0 amide bonds. The van der Waals surface area contributed by atoms with Gasteiger partial charge in [0.1, 0.15) is 0 Å². The van der Waals surface area contributed by atoms with Gasteiger partial charge in [-0.3, -0.25) is 0 Å². The molecule has 0 aliphatic carbocycles. The Morgan fingerprint density at radius 2 is 0.590 bits per heavy atom. The van der Waals surface area contributed by atoms with Crippen LogP contribution in [0.3, 0.4) is 0 Å². The second-order valence-corrected chi connectivity index (χ2v) is 20.9. The molecule has 0 radical (unpaired) electrons. The van der Waals surface area contributed by atoms with Gasteiger partial charge in [-0.1, -0.05) is 0 Å². The Morgan fingerprint density at radius 1 is 0.385 bits per heavy atom. The molecule has 13 heteroatoms. The molecular formula is C26H60O10Si2Zr. The van der Waals surface area contributed by atoms with Gasteiger partial charge < -0.3 is 0 Å². The van der Waals surface area contributed by atoms with Crippen molar-refractivity contribution < 1.29 is 59.2 Å². The maximum absolute atomic E-state index is 6.65. The first-order valence-electron chi connectivity index (χ1n) is 15.2. The fourth-order valence-corrected chi connectivity index (χ4v) is 18.3. The van der Waals surface area contributed by atoms with Gasteiger partial charge in [-0.05, 0) is 0 Å². The van der Waals surface area contributed by atoms with E-state index in [1.807, 2.05) is 0 Å². The van der Waals surface area contributed by atoms with Crippen molar-refractivity contribution in [1.82, 2.24) is 0 Å². The van der Waals surface area contributed by atoms with Crippen molar-refractivity contribution in [3.63, 3.8) is 0 Å². The fourth-order valence-electron chi connectivity index (χ4n) is 3.05. The molecule has 0 rings (SSSR count). The van der Waals surface area contributed by atoms with Crippen LogP contribution in [0.2, 0.25) is 0 Å². The van der Waals surface area contributed by atoms with E-state index in [4.69, 9.17) is 37.2 Å². The Hall–Kier alpha value is 0.917. The number of unbranched alkanes of at least 4 members (excludes halogenated alkanes) is 6. The van der Waals surface area contributed by atoms with E-state index >= 15 is 0 Å². The van der Waals surface area contributed by atoms with Gasteiger partial charge >= 0.3 is 250 Å². The van der Waals surface area contributed by atoms with E-state index in [-0.39, 0.29) is 0 Å². The maximum atomic E-state index is 6.65. The minimum atomic E-state index is -4.98. The Balaban J connectivity index is 6.37. The summed E-state index contributed by atoms with van der Waals surface area (Å²) in [6.07, 6.45) is 10.8. The standard InChI is InChI=1S/2C12H27O4Si.2CH3O.Zr/c2*1-4-7-10-14-17(13,15-11-8-5-2)16-12-9-6-3;2*1-2;/h2*4-12H2,1-3H3;2*1H3;/q4*-1;+4. The van der Waals surface area contributed by atoms with Gasteiger partial charge in [-0.15, -0.1) is 0 Å². The first-order valence-corrected chi connectivity index (χ1v) is 22.5. The van der Waals surface area contributed by atoms with Gasteiger partial charge in [-0.2, -0.15) is 0 Å². The van der Waals surface area contributed by atoms with Crippen LogP contribution in [0, 0.1) is 0 Å². The average Bonchev–Trinajstić information content (AvgIpc) is 2.93. The van der Waals surface area contributed by atoms with Crippen molar-refractivity contribution in [3.05, 3.63) is 0 Å². The van der Waals surface area contributed by atoms with E-state index in [0.717, 1.165) is 77.0 Å². The van der Waals surface area contributed by atoms with Crippen LogP contribution in [0.15, 0.2) is 0 Å². The molecule has 39 heavy (non-hydrogen) atoms. The average molecular weight is 680 g/mol. The van der Waals surface area contributed by atoms with Gasteiger partial charge in [-0.25, -0.2) is 0 Å². The summed E-state index contributed by atoms with van der Waals surface area (Å²) in [4.78, 5) is 0. The quantitative estimate of drug-likeness (QED) is 0.0590. The molecule has 0 aromatic rings. The second-order valence-electron chi connectivity index (χ2n) is 9.32. The van der Waals surface area contributed by atoms with Crippen molar-refractivity contribution in [3.8, 4) is 0 Å². The molecule has 0 fully saturated rings. The SMILES string of the molecule is CCCCO[Si](OCCCC)(OCCCC)[O][Zr]([O]C)([O]C)[O][Si](OCCCC)(OCCCC)OCCCC.